The van der Waals surface area contributed by atoms with Crippen molar-refractivity contribution in [1.82, 2.24) is 19.9 Å². The molecule has 5 rings (SSSR count). The average Bonchev–Trinajstić information content (AvgIpc) is 3.24. The normalized spacial score (nSPS) is 14.6. The van der Waals surface area contributed by atoms with E-state index in [0.717, 1.165) is 61.4 Å². The van der Waals surface area contributed by atoms with E-state index in [2.05, 4.69) is 25.9 Å². The van der Waals surface area contributed by atoms with E-state index >= 15 is 0 Å². The van der Waals surface area contributed by atoms with Crippen LogP contribution in [-0.2, 0) is 17.9 Å². The van der Waals surface area contributed by atoms with Crippen molar-refractivity contribution in [1.29, 1.82) is 0 Å². The zero-order valence-corrected chi connectivity index (χ0v) is 18.4. The SMILES string of the molecule is Fc1ccc(F)c(COc2cncc(-c3ccc4[nH]cc(CN5CCOCC5)c4c3)n2)c1Cl. The molecule has 0 spiro atoms. The van der Waals surface area contributed by atoms with Crippen molar-refractivity contribution in [3.63, 3.8) is 0 Å². The third-order valence-electron chi connectivity index (χ3n) is 5.68. The van der Waals surface area contributed by atoms with Crippen LogP contribution in [0.3, 0.4) is 0 Å². The lowest BCUT2D eigenvalue weighted by Gasteiger charge is -2.26. The Hall–Kier alpha value is -3.07. The highest BCUT2D eigenvalue weighted by molar-refractivity contribution is 6.31. The van der Waals surface area contributed by atoms with E-state index in [-0.39, 0.29) is 23.1 Å². The molecule has 6 nitrogen and oxygen atoms in total. The Morgan fingerprint density at radius 3 is 2.76 bits per heavy atom. The van der Waals surface area contributed by atoms with E-state index < -0.39 is 11.6 Å². The Morgan fingerprint density at radius 1 is 1.09 bits per heavy atom. The molecular formula is C24H21ClF2N4O2. The lowest BCUT2D eigenvalue weighted by Crippen LogP contribution is -2.35. The van der Waals surface area contributed by atoms with Gasteiger partial charge in [-0.25, -0.2) is 13.8 Å². The molecule has 3 heterocycles. The summed E-state index contributed by atoms with van der Waals surface area (Å²) in [5.41, 5.74) is 3.66. The number of morpholine rings is 1. The predicted octanol–water partition coefficient (Wildman–Crippen LogP) is 4.97. The van der Waals surface area contributed by atoms with Gasteiger partial charge < -0.3 is 14.5 Å². The number of hydrogen-bond donors (Lipinski definition) is 1. The number of aromatic amines is 1. The number of rotatable bonds is 6. The Balaban J connectivity index is 1.37. The van der Waals surface area contributed by atoms with Gasteiger partial charge in [-0.15, -0.1) is 0 Å². The summed E-state index contributed by atoms with van der Waals surface area (Å²) >= 11 is 5.88. The zero-order chi connectivity index (χ0) is 22.8. The van der Waals surface area contributed by atoms with Gasteiger partial charge in [-0.3, -0.25) is 9.88 Å². The molecule has 1 aliphatic heterocycles. The van der Waals surface area contributed by atoms with Gasteiger partial charge in [0.2, 0.25) is 5.88 Å². The number of aromatic nitrogens is 3. The fourth-order valence-corrected chi connectivity index (χ4v) is 4.08. The van der Waals surface area contributed by atoms with E-state index in [4.69, 9.17) is 21.1 Å². The highest BCUT2D eigenvalue weighted by atomic mass is 35.5. The maximum Gasteiger partial charge on any atom is 0.233 e. The molecule has 1 fully saturated rings. The van der Waals surface area contributed by atoms with Crippen LogP contribution in [-0.4, -0.2) is 46.2 Å². The second-order valence-corrected chi connectivity index (χ2v) is 8.19. The summed E-state index contributed by atoms with van der Waals surface area (Å²) in [7, 11) is 0. The van der Waals surface area contributed by atoms with Crippen molar-refractivity contribution in [2.75, 3.05) is 26.3 Å². The van der Waals surface area contributed by atoms with Crippen molar-refractivity contribution in [3.8, 4) is 17.1 Å². The third-order valence-corrected chi connectivity index (χ3v) is 6.09. The summed E-state index contributed by atoms with van der Waals surface area (Å²) in [6.45, 7) is 3.89. The van der Waals surface area contributed by atoms with E-state index in [1.165, 1.54) is 11.8 Å². The second kappa shape index (κ2) is 9.43. The van der Waals surface area contributed by atoms with Crippen LogP contribution in [0.5, 0.6) is 5.88 Å². The molecule has 0 atom stereocenters. The molecule has 9 heteroatoms. The molecule has 170 valence electrons. The summed E-state index contributed by atoms with van der Waals surface area (Å²) in [5, 5.41) is 0.811. The highest BCUT2D eigenvalue weighted by Crippen LogP contribution is 2.28. The van der Waals surface area contributed by atoms with Gasteiger partial charge in [-0.1, -0.05) is 17.7 Å². The standard InChI is InChI=1S/C24H21ClF2N4O2/c25-24-18(19(26)2-3-20(24)27)14-33-23-12-28-11-22(30-23)15-1-4-21-17(9-15)16(10-29-21)13-31-5-7-32-8-6-31/h1-4,9-12,29H,5-8,13-14H2. The Labute approximate surface area is 194 Å². The third kappa shape index (κ3) is 4.68. The molecule has 0 aliphatic carbocycles. The van der Waals surface area contributed by atoms with Gasteiger partial charge in [0, 0.05) is 47.9 Å². The minimum Gasteiger partial charge on any atom is -0.472 e. The smallest absolute Gasteiger partial charge is 0.233 e. The van der Waals surface area contributed by atoms with Crippen molar-refractivity contribution in [3.05, 3.63) is 76.7 Å². The quantitative estimate of drug-likeness (QED) is 0.403. The first-order valence-corrected chi connectivity index (χ1v) is 10.9. The van der Waals surface area contributed by atoms with Gasteiger partial charge >= 0.3 is 0 Å². The molecule has 2 aromatic heterocycles. The molecule has 33 heavy (non-hydrogen) atoms. The predicted molar refractivity (Wildman–Crippen MR) is 121 cm³/mol. The summed E-state index contributed by atoms with van der Waals surface area (Å²) in [5.74, 6) is -1.16. The van der Waals surface area contributed by atoms with Crippen molar-refractivity contribution >= 4 is 22.5 Å². The number of hydrogen-bond acceptors (Lipinski definition) is 5. The van der Waals surface area contributed by atoms with Crippen molar-refractivity contribution in [2.45, 2.75) is 13.2 Å². The van der Waals surface area contributed by atoms with E-state index in [1.54, 1.807) is 6.20 Å². The Kier molecular flexibility index (Phi) is 6.22. The van der Waals surface area contributed by atoms with Crippen LogP contribution in [0.2, 0.25) is 5.02 Å². The molecule has 0 amide bonds. The minimum atomic E-state index is -0.704. The first kappa shape index (κ1) is 21.8. The lowest BCUT2D eigenvalue weighted by atomic mass is 10.1. The van der Waals surface area contributed by atoms with E-state index in [1.807, 2.05) is 18.3 Å². The molecule has 0 saturated carbocycles. The summed E-state index contributed by atoms with van der Waals surface area (Å²) in [4.78, 5) is 14.4. The summed E-state index contributed by atoms with van der Waals surface area (Å²) in [6.07, 6.45) is 5.10. The molecular weight excluding hydrogens is 450 g/mol. The molecule has 0 bridgehead atoms. The number of nitrogens with one attached hydrogen (secondary N) is 1. The van der Waals surface area contributed by atoms with E-state index in [0.29, 0.717) is 5.69 Å². The highest BCUT2D eigenvalue weighted by Gasteiger charge is 2.15. The Bertz CT molecular complexity index is 1290. The van der Waals surface area contributed by atoms with Crippen LogP contribution in [0.15, 0.2) is 48.9 Å². The fraction of sp³-hybridized carbons (Fsp3) is 0.250. The van der Waals surface area contributed by atoms with Crippen LogP contribution in [0, 0.1) is 11.6 Å². The van der Waals surface area contributed by atoms with Crippen LogP contribution in [0.25, 0.3) is 22.2 Å². The number of H-pyrrole nitrogens is 1. The van der Waals surface area contributed by atoms with Crippen LogP contribution >= 0.6 is 11.6 Å². The number of nitrogens with zero attached hydrogens (tertiary/aromatic N) is 3. The number of benzene rings is 2. The first-order valence-electron chi connectivity index (χ1n) is 10.6. The summed E-state index contributed by atoms with van der Waals surface area (Å²) in [6, 6.07) is 8.02. The Morgan fingerprint density at radius 2 is 1.91 bits per heavy atom. The maximum atomic E-state index is 14.0. The zero-order valence-electron chi connectivity index (χ0n) is 17.7. The minimum absolute atomic E-state index is 0.0645. The van der Waals surface area contributed by atoms with Gasteiger partial charge in [0.05, 0.1) is 36.3 Å². The monoisotopic (exact) mass is 470 g/mol. The van der Waals surface area contributed by atoms with Gasteiger partial charge in [0.1, 0.15) is 18.2 Å². The molecule has 0 radical (unpaired) electrons. The van der Waals surface area contributed by atoms with Crippen molar-refractivity contribution in [2.24, 2.45) is 0 Å². The van der Waals surface area contributed by atoms with Crippen molar-refractivity contribution < 1.29 is 18.3 Å². The maximum absolute atomic E-state index is 14.0. The van der Waals surface area contributed by atoms with Crippen LogP contribution < -0.4 is 4.74 Å². The molecule has 1 aliphatic rings. The molecule has 2 aromatic carbocycles. The number of halogens is 3. The second-order valence-electron chi connectivity index (χ2n) is 7.82. The molecule has 0 unspecified atom stereocenters. The van der Waals surface area contributed by atoms with E-state index in [9.17, 15) is 8.78 Å². The van der Waals surface area contributed by atoms with Gasteiger partial charge in [0.15, 0.2) is 0 Å². The van der Waals surface area contributed by atoms with Gasteiger partial charge in [-0.2, -0.15) is 0 Å². The number of ether oxygens (including phenoxy) is 2. The van der Waals surface area contributed by atoms with Gasteiger partial charge in [-0.05, 0) is 29.8 Å². The number of fused-ring (bicyclic) bond motifs is 1. The topological polar surface area (TPSA) is 63.3 Å². The lowest BCUT2D eigenvalue weighted by molar-refractivity contribution is 0.0343. The molecule has 1 saturated heterocycles. The average molecular weight is 471 g/mol. The molecule has 1 N–H and O–H groups in total. The van der Waals surface area contributed by atoms with Crippen LogP contribution in [0.1, 0.15) is 11.1 Å². The van der Waals surface area contributed by atoms with Gasteiger partial charge in [0.25, 0.3) is 0 Å². The largest absolute Gasteiger partial charge is 0.472 e. The van der Waals surface area contributed by atoms with Crippen LogP contribution in [0.4, 0.5) is 8.78 Å². The fourth-order valence-electron chi connectivity index (χ4n) is 3.87. The first-order chi connectivity index (χ1) is 16.1. The molecule has 4 aromatic rings. The summed E-state index contributed by atoms with van der Waals surface area (Å²) < 4.78 is 38.7.